The number of hydrogen-bond donors (Lipinski definition) is 3. The second-order valence-electron chi connectivity index (χ2n) is 5.55. The molecule has 3 N–H and O–H groups in total. The summed E-state index contributed by atoms with van der Waals surface area (Å²) in [5.74, 6) is -0.100. The molecule has 1 amide bonds. The van der Waals surface area contributed by atoms with E-state index in [2.05, 4.69) is 15.4 Å². The summed E-state index contributed by atoms with van der Waals surface area (Å²) in [4.78, 5) is 12.0. The number of halogens is 4. The first-order chi connectivity index (χ1) is 10.7. The Morgan fingerprint density at radius 2 is 2.04 bits per heavy atom. The van der Waals surface area contributed by atoms with Crippen molar-refractivity contribution >= 4 is 18.3 Å². The van der Waals surface area contributed by atoms with Gasteiger partial charge in [-0.2, -0.15) is 13.2 Å². The van der Waals surface area contributed by atoms with Crippen LogP contribution in [0.1, 0.15) is 24.9 Å². The van der Waals surface area contributed by atoms with Gasteiger partial charge in [-0.15, -0.1) is 12.4 Å². The second-order valence-corrected chi connectivity index (χ2v) is 5.55. The van der Waals surface area contributed by atoms with E-state index in [1.807, 2.05) is 0 Å². The molecule has 0 aliphatic carbocycles. The van der Waals surface area contributed by atoms with Gasteiger partial charge in [0, 0.05) is 6.54 Å². The highest BCUT2D eigenvalue weighted by Crippen LogP contribution is 2.21. The maximum atomic E-state index is 12.1. The molecular weight excluding hydrogens is 349 g/mol. The van der Waals surface area contributed by atoms with Crippen LogP contribution in [0, 0.1) is 0 Å². The van der Waals surface area contributed by atoms with Gasteiger partial charge in [-0.25, -0.2) is 0 Å². The molecule has 0 spiro atoms. The molecule has 136 valence electrons. The van der Waals surface area contributed by atoms with E-state index in [1.165, 1.54) is 12.1 Å². The summed E-state index contributed by atoms with van der Waals surface area (Å²) < 4.78 is 40.8. The number of hydrogen-bond acceptors (Lipinski definition) is 4. The summed E-state index contributed by atoms with van der Waals surface area (Å²) in [5, 5.41) is 15.1. The van der Waals surface area contributed by atoms with E-state index in [-0.39, 0.29) is 30.1 Å². The Morgan fingerprint density at radius 1 is 1.42 bits per heavy atom. The molecule has 24 heavy (non-hydrogen) atoms. The van der Waals surface area contributed by atoms with Gasteiger partial charge in [-0.1, -0.05) is 12.1 Å². The van der Waals surface area contributed by atoms with Crippen LogP contribution in [-0.4, -0.2) is 42.5 Å². The van der Waals surface area contributed by atoms with E-state index >= 15 is 0 Å². The van der Waals surface area contributed by atoms with E-state index < -0.39 is 24.9 Å². The predicted octanol–water partition coefficient (Wildman–Crippen LogP) is 1.95. The van der Waals surface area contributed by atoms with Crippen LogP contribution in [-0.2, 0) is 4.79 Å². The summed E-state index contributed by atoms with van der Waals surface area (Å²) >= 11 is 0. The number of carbonyl (C=O) groups excluding carboxylic acids is 1. The molecule has 0 saturated carbocycles. The number of aliphatic hydroxyl groups excluding tert-OH is 1. The Bertz CT molecular complexity index is 540. The van der Waals surface area contributed by atoms with Crippen molar-refractivity contribution in [1.29, 1.82) is 0 Å². The lowest BCUT2D eigenvalue weighted by Gasteiger charge is -2.18. The fourth-order valence-corrected chi connectivity index (χ4v) is 2.33. The maximum Gasteiger partial charge on any atom is 0.422 e. The summed E-state index contributed by atoms with van der Waals surface area (Å²) in [6.07, 6.45) is -4.53. The Balaban J connectivity index is 0.00000288. The number of β-amino-alcohol motifs (C(OH)–C–C–N with tert-alkyl or cyclic N) is 1. The smallest absolute Gasteiger partial charge is 0.422 e. The first-order valence-electron chi connectivity index (χ1n) is 7.26. The van der Waals surface area contributed by atoms with E-state index in [4.69, 9.17) is 0 Å². The predicted molar refractivity (Wildman–Crippen MR) is 84.2 cm³/mol. The molecular formula is C15H20ClF3N2O3. The number of benzene rings is 1. The van der Waals surface area contributed by atoms with E-state index in [0.717, 1.165) is 5.56 Å². The van der Waals surface area contributed by atoms with E-state index in [1.54, 1.807) is 19.1 Å². The third kappa shape index (κ3) is 6.18. The van der Waals surface area contributed by atoms with Gasteiger partial charge in [-0.3, -0.25) is 4.79 Å². The summed E-state index contributed by atoms with van der Waals surface area (Å²) in [6.45, 7) is 0.820. The quantitative estimate of drug-likeness (QED) is 0.743. The number of alkyl halides is 3. The normalized spacial score (nSPS) is 21.7. The van der Waals surface area contributed by atoms with Gasteiger partial charge in [0.05, 0.1) is 18.2 Å². The Hall–Kier alpha value is -1.51. The Kier molecular flexibility index (Phi) is 7.31. The van der Waals surface area contributed by atoms with Crippen molar-refractivity contribution in [2.45, 2.75) is 37.7 Å². The van der Waals surface area contributed by atoms with E-state index in [9.17, 15) is 23.1 Å². The van der Waals surface area contributed by atoms with Crippen molar-refractivity contribution < 1.29 is 27.8 Å². The standard InChI is InChI=1S/C15H19F3N2O3.ClH/c1-9(20-14(22)13-6-11(21)7-19-13)10-2-4-12(5-3-10)23-8-15(16,17)18;/h2-5,9,11,13,19,21H,6-8H2,1H3,(H,20,22);1H/t9?,11-,13+;/m0./s1. The lowest BCUT2D eigenvalue weighted by atomic mass is 10.1. The number of aliphatic hydroxyl groups is 1. The molecule has 1 unspecified atom stereocenters. The first kappa shape index (κ1) is 20.5. The highest BCUT2D eigenvalue weighted by atomic mass is 35.5. The molecule has 1 fully saturated rings. The fraction of sp³-hybridized carbons (Fsp3) is 0.533. The molecule has 9 heteroatoms. The number of carbonyl (C=O) groups is 1. The highest BCUT2D eigenvalue weighted by molar-refractivity contribution is 5.85. The topological polar surface area (TPSA) is 70.6 Å². The average molecular weight is 369 g/mol. The van der Waals surface area contributed by atoms with Gasteiger partial charge >= 0.3 is 6.18 Å². The molecule has 5 nitrogen and oxygen atoms in total. The minimum atomic E-state index is -4.38. The lowest BCUT2D eigenvalue weighted by molar-refractivity contribution is -0.153. The van der Waals surface area contributed by atoms with Gasteiger partial charge in [0.2, 0.25) is 5.91 Å². The fourth-order valence-electron chi connectivity index (χ4n) is 2.33. The van der Waals surface area contributed by atoms with Gasteiger partial charge in [0.15, 0.2) is 6.61 Å². The van der Waals surface area contributed by atoms with Crippen molar-refractivity contribution in [1.82, 2.24) is 10.6 Å². The van der Waals surface area contributed by atoms with Gasteiger partial charge in [0.1, 0.15) is 5.75 Å². The van der Waals surface area contributed by atoms with Gasteiger partial charge in [0.25, 0.3) is 0 Å². The Morgan fingerprint density at radius 3 is 2.54 bits per heavy atom. The minimum Gasteiger partial charge on any atom is -0.484 e. The van der Waals surface area contributed by atoms with Crippen LogP contribution in [0.4, 0.5) is 13.2 Å². The van der Waals surface area contributed by atoms with Gasteiger partial charge < -0.3 is 20.5 Å². The van der Waals surface area contributed by atoms with Crippen molar-refractivity contribution in [3.63, 3.8) is 0 Å². The molecule has 0 radical (unpaired) electrons. The second kappa shape index (κ2) is 8.55. The zero-order chi connectivity index (χ0) is 17.0. The van der Waals surface area contributed by atoms with Crippen LogP contribution in [0.3, 0.4) is 0 Å². The maximum absolute atomic E-state index is 12.1. The molecule has 2 rings (SSSR count). The Labute approximate surface area is 144 Å². The highest BCUT2D eigenvalue weighted by Gasteiger charge is 2.29. The largest absolute Gasteiger partial charge is 0.484 e. The number of amides is 1. The van der Waals surface area contributed by atoms with Crippen molar-refractivity contribution in [3.05, 3.63) is 29.8 Å². The summed E-state index contributed by atoms with van der Waals surface area (Å²) in [7, 11) is 0. The van der Waals surface area contributed by atoms with Crippen LogP contribution in [0.25, 0.3) is 0 Å². The molecule has 3 atom stereocenters. The summed E-state index contributed by atoms with van der Waals surface area (Å²) in [5.41, 5.74) is 0.747. The molecule has 1 aromatic carbocycles. The van der Waals surface area contributed by atoms with Crippen molar-refractivity contribution in [2.75, 3.05) is 13.2 Å². The third-order valence-electron chi connectivity index (χ3n) is 3.57. The van der Waals surface area contributed by atoms with Crippen molar-refractivity contribution in [2.24, 2.45) is 0 Å². The monoisotopic (exact) mass is 368 g/mol. The van der Waals surface area contributed by atoms with Crippen LogP contribution in [0.5, 0.6) is 5.75 Å². The van der Waals surface area contributed by atoms with Crippen LogP contribution in [0.2, 0.25) is 0 Å². The molecule has 0 bridgehead atoms. The molecule has 1 aliphatic rings. The molecule has 1 aliphatic heterocycles. The molecule has 1 heterocycles. The number of ether oxygens (including phenoxy) is 1. The molecule has 0 aromatic heterocycles. The third-order valence-corrected chi connectivity index (χ3v) is 3.57. The first-order valence-corrected chi connectivity index (χ1v) is 7.26. The lowest BCUT2D eigenvalue weighted by Crippen LogP contribution is -2.41. The zero-order valence-corrected chi connectivity index (χ0v) is 13.8. The van der Waals surface area contributed by atoms with Crippen molar-refractivity contribution in [3.8, 4) is 5.75 Å². The average Bonchev–Trinajstić information content (AvgIpc) is 2.91. The summed E-state index contributed by atoms with van der Waals surface area (Å²) in [6, 6.07) is 5.34. The molecule has 1 saturated heterocycles. The van der Waals surface area contributed by atoms with E-state index in [0.29, 0.717) is 13.0 Å². The number of nitrogens with one attached hydrogen (secondary N) is 2. The SMILES string of the molecule is CC(NC(=O)[C@H]1C[C@H](O)CN1)c1ccc(OCC(F)(F)F)cc1.Cl. The van der Waals surface area contributed by atoms with Crippen LogP contribution < -0.4 is 15.4 Å². The zero-order valence-electron chi connectivity index (χ0n) is 13.0. The number of rotatable bonds is 5. The van der Waals surface area contributed by atoms with Gasteiger partial charge in [-0.05, 0) is 31.0 Å². The van der Waals surface area contributed by atoms with Crippen LogP contribution >= 0.6 is 12.4 Å². The minimum absolute atomic E-state index is 0. The molecule has 1 aromatic rings. The van der Waals surface area contributed by atoms with Crippen LogP contribution in [0.15, 0.2) is 24.3 Å².